The molecule has 1 heterocycles. The molecule has 0 radical (unpaired) electrons. The van der Waals surface area contributed by atoms with Gasteiger partial charge >= 0.3 is 0 Å². The number of benzene rings is 1. The monoisotopic (exact) mass is 335 g/mol. The van der Waals surface area contributed by atoms with Gasteiger partial charge in [-0.1, -0.05) is 23.2 Å². The maximum absolute atomic E-state index is 12.9. The van der Waals surface area contributed by atoms with Crippen LogP contribution in [-0.2, 0) is 9.59 Å². The molecule has 6 rings (SSSR count). The summed E-state index contributed by atoms with van der Waals surface area (Å²) >= 11 is 12.0. The van der Waals surface area contributed by atoms with E-state index in [4.69, 9.17) is 23.2 Å². The van der Waals surface area contributed by atoms with E-state index in [1.54, 1.807) is 18.2 Å². The van der Waals surface area contributed by atoms with E-state index in [2.05, 4.69) is 0 Å². The number of amides is 2. The topological polar surface area (TPSA) is 37.4 Å². The molecular formula is C17H15Cl2NO2. The highest BCUT2D eigenvalue weighted by Crippen LogP contribution is 2.68. The molecule has 0 spiro atoms. The first-order valence-corrected chi connectivity index (χ1v) is 8.66. The van der Waals surface area contributed by atoms with Crippen LogP contribution in [0.3, 0.4) is 0 Å². The van der Waals surface area contributed by atoms with Gasteiger partial charge in [0.15, 0.2) is 0 Å². The Morgan fingerprint density at radius 3 is 2.00 bits per heavy atom. The van der Waals surface area contributed by atoms with Gasteiger partial charge in [-0.25, -0.2) is 4.90 Å². The van der Waals surface area contributed by atoms with Crippen molar-refractivity contribution in [3.8, 4) is 0 Å². The molecule has 2 amide bonds. The zero-order valence-electron chi connectivity index (χ0n) is 11.8. The van der Waals surface area contributed by atoms with E-state index in [-0.39, 0.29) is 23.7 Å². The number of hydrogen-bond donors (Lipinski definition) is 0. The lowest BCUT2D eigenvalue weighted by atomic mass is 9.59. The van der Waals surface area contributed by atoms with Crippen LogP contribution >= 0.6 is 23.2 Å². The van der Waals surface area contributed by atoms with Gasteiger partial charge in [-0.15, -0.1) is 0 Å². The normalized spacial score (nSPS) is 41.6. The van der Waals surface area contributed by atoms with Gasteiger partial charge in [0.2, 0.25) is 11.8 Å². The Labute approximate surface area is 138 Å². The van der Waals surface area contributed by atoms with Crippen molar-refractivity contribution in [3.63, 3.8) is 0 Å². The summed E-state index contributed by atoms with van der Waals surface area (Å²) in [5.41, 5.74) is 0.562. The number of nitrogens with zero attached hydrogens (tertiary/aromatic N) is 1. The van der Waals surface area contributed by atoms with Crippen molar-refractivity contribution in [1.29, 1.82) is 0 Å². The maximum atomic E-state index is 12.9. The lowest BCUT2D eigenvalue weighted by molar-refractivity contribution is -0.129. The van der Waals surface area contributed by atoms with E-state index in [0.717, 1.165) is 12.8 Å². The van der Waals surface area contributed by atoms with E-state index in [1.165, 1.54) is 11.3 Å². The van der Waals surface area contributed by atoms with E-state index in [1.807, 2.05) is 0 Å². The second-order valence-corrected chi connectivity index (χ2v) is 7.94. The maximum Gasteiger partial charge on any atom is 0.237 e. The minimum Gasteiger partial charge on any atom is -0.274 e. The third-order valence-electron chi connectivity index (χ3n) is 6.31. The smallest absolute Gasteiger partial charge is 0.237 e. The van der Waals surface area contributed by atoms with Crippen LogP contribution in [0.5, 0.6) is 0 Å². The number of carbonyl (C=O) groups is 2. The fourth-order valence-corrected chi connectivity index (χ4v) is 5.71. The van der Waals surface area contributed by atoms with Gasteiger partial charge in [0.05, 0.1) is 27.6 Å². The van der Waals surface area contributed by atoms with E-state index < -0.39 is 0 Å². The van der Waals surface area contributed by atoms with Crippen molar-refractivity contribution in [2.24, 2.45) is 35.5 Å². The number of rotatable bonds is 1. The summed E-state index contributed by atoms with van der Waals surface area (Å²) in [6, 6.07) is 4.98. The predicted molar refractivity (Wildman–Crippen MR) is 83.7 cm³/mol. The highest BCUT2D eigenvalue weighted by atomic mass is 35.5. The minimum atomic E-state index is -0.0931. The molecular weight excluding hydrogens is 321 g/mol. The lowest BCUT2D eigenvalue weighted by Crippen LogP contribution is -2.43. The molecule has 1 saturated heterocycles. The summed E-state index contributed by atoms with van der Waals surface area (Å²) in [5, 5.41) is 0.809. The van der Waals surface area contributed by atoms with Gasteiger partial charge < -0.3 is 0 Å². The molecule has 4 aliphatic carbocycles. The summed E-state index contributed by atoms with van der Waals surface area (Å²) < 4.78 is 0. The average Bonchev–Trinajstić information content (AvgIpc) is 3.28. The molecule has 1 aromatic rings. The van der Waals surface area contributed by atoms with E-state index >= 15 is 0 Å². The molecule has 2 bridgehead atoms. The molecule has 22 heavy (non-hydrogen) atoms. The zero-order chi connectivity index (χ0) is 15.2. The quantitative estimate of drug-likeness (QED) is 0.732. The van der Waals surface area contributed by atoms with Crippen molar-refractivity contribution in [3.05, 3.63) is 28.2 Å². The number of halogens is 2. The molecule has 5 aliphatic rings. The standard InChI is InChI=1S/C17H15Cl2NO2/c18-12-4-1-7(5-13(12)19)20-16(21)14-8-2-3-9(11-6-10(8)11)15(14)17(20)22/h1,4-5,8-11,14-15H,2-3,6H2/t8-,9+,10+,11-,14-,15+. The van der Waals surface area contributed by atoms with Crippen LogP contribution < -0.4 is 4.90 Å². The van der Waals surface area contributed by atoms with Gasteiger partial charge in [-0.3, -0.25) is 9.59 Å². The average molecular weight is 336 g/mol. The molecule has 1 aliphatic heterocycles. The van der Waals surface area contributed by atoms with Gasteiger partial charge in [0.1, 0.15) is 0 Å². The van der Waals surface area contributed by atoms with E-state index in [9.17, 15) is 9.59 Å². The largest absolute Gasteiger partial charge is 0.274 e. The third kappa shape index (κ3) is 1.54. The Balaban J connectivity index is 1.57. The van der Waals surface area contributed by atoms with Crippen molar-refractivity contribution in [2.75, 3.05) is 4.90 Å². The summed E-state index contributed by atoms with van der Waals surface area (Å²) in [6.07, 6.45) is 3.46. The number of anilines is 1. The number of imide groups is 1. The van der Waals surface area contributed by atoms with Crippen LogP contribution in [0.2, 0.25) is 10.0 Å². The summed E-state index contributed by atoms with van der Waals surface area (Å²) in [4.78, 5) is 27.2. The van der Waals surface area contributed by atoms with Crippen LogP contribution in [0, 0.1) is 35.5 Å². The van der Waals surface area contributed by atoms with Gasteiger partial charge in [-0.05, 0) is 61.1 Å². The second-order valence-electron chi connectivity index (χ2n) is 7.13. The van der Waals surface area contributed by atoms with Crippen molar-refractivity contribution >= 4 is 40.7 Å². The van der Waals surface area contributed by atoms with Crippen LogP contribution in [0.25, 0.3) is 0 Å². The highest BCUT2D eigenvalue weighted by molar-refractivity contribution is 6.42. The fraction of sp³-hybridized carbons (Fsp3) is 0.529. The first kappa shape index (κ1) is 13.4. The summed E-state index contributed by atoms with van der Waals surface area (Å²) in [7, 11) is 0. The Bertz CT molecular complexity index is 685. The minimum absolute atomic E-state index is 0.0200. The van der Waals surface area contributed by atoms with Crippen LogP contribution in [0.1, 0.15) is 19.3 Å². The Kier molecular flexibility index (Phi) is 2.60. The zero-order valence-corrected chi connectivity index (χ0v) is 13.3. The van der Waals surface area contributed by atoms with Crippen LogP contribution in [-0.4, -0.2) is 11.8 Å². The Morgan fingerprint density at radius 1 is 0.864 bits per heavy atom. The molecule has 114 valence electrons. The molecule has 0 N–H and O–H groups in total. The van der Waals surface area contributed by atoms with Gasteiger partial charge in [0, 0.05) is 0 Å². The van der Waals surface area contributed by atoms with Crippen molar-refractivity contribution in [1.82, 2.24) is 0 Å². The van der Waals surface area contributed by atoms with Crippen LogP contribution in [0.4, 0.5) is 5.69 Å². The Hall–Kier alpha value is -1.06. The number of fused-ring (bicyclic) bond motifs is 1. The lowest BCUT2D eigenvalue weighted by Gasteiger charge is -2.42. The summed E-state index contributed by atoms with van der Waals surface area (Å²) in [5.74, 6) is 2.01. The molecule has 4 saturated carbocycles. The Morgan fingerprint density at radius 2 is 1.45 bits per heavy atom. The number of hydrogen-bond acceptors (Lipinski definition) is 2. The predicted octanol–water partition coefficient (Wildman–Crippen LogP) is 3.77. The molecule has 1 aromatic carbocycles. The molecule has 6 atom stereocenters. The fourth-order valence-electron chi connectivity index (χ4n) is 5.42. The van der Waals surface area contributed by atoms with Crippen molar-refractivity contribution in [2.45, 2.75) is 19.3 Å². The van der Waals surface area contributed by atoms with Crippen molar-refractivity contribution < 1.29 is 9.59 Å². The highest BCUT2D eigenvalue weighted by Gasteiger charge is 2.68. The SMILES string of the molecule is O=C1[C@@H]2[C@@H]3CC[C@@H]([C@H]4C[C@H]43)[C@@H]2C(=O)N1c1ccc(Cl)c(Cl)c1. The van der Waals surface area contributed by atoms with Gasteiger partial charge in [0.25, 0.3) is 0 Å². The molecule has 3 nitrogen and oxygen atoms in total. The second kappa shape index (κ2) is 4.27. The summed E-state index contributed by atoms with van der Waals surface area (Å²) in [6.45, 7) is 0. The number of carbonyl (C=O) groups excluding carboxylic acids is 2. The third-order valence-corrected chi connectivity index (χ3v) is 7.05. The van der Waals surface area contributed by atoms with E-state index in [0.29, 0.717) is 39.4 Å². The molecule has 5 heteroatoms. The van der Waals surface area contributed by atoms with Gasteiger partial charge in [-0.2, -0.15) is 0 Å². The molecule has 5 fully saturated rings. The molecule has 0 unspecified atom stereocenters. The van der Waals surface area contributed by atoms with Crippen LogP contribution in [0.15, 0.2) is 18.2 Å². The first-order chi connectivity index (χ1) is 10.6. The molecule has 0 aromatic heterocycles. The first-order valence-electron chi connectivity index (χ1n) is 7.91.